The fraction of sp³-hybridized carbons (Fsp3) is 0.542. The Kier molecular flexibility index (Phi) is 10.7. The number of hydroxylamine groups is 2. The van der Waals surface area contributed by atoms with Crippen LogP contribution in [0.2, 0.25) is 0 Å². The van der Waals surface area contributed by atoms with Gasteiger partial charge in [0.15, 0.2) is 6.10 Å². The van der Waals surface area contributed by atoms with Gasteiger partial charge in [0, 0.05) is 19.4 Å². The molecule has 4 amide bonds. The third-order valence-corrected chi connectivity index (χ3v) is 4.94. The number of benzene rings is 1. The Balaban J connectivity index is 1.91. The maximum Gasteiger partial charge on any atom is 0.407 e. The molecule has 1 aromatic rings. The number of aliphatic hydroxyl groups excluding tert-OH is 1. The molecule has 0 aromatic heterocycles. The molecule has 1 heterocycles. The quantitative estimate of drug-likeness (QED) is 0.300. The molecule has 12 heteroatoms. The van der Waals surface area contributed by atoms with Crippen LogP contribution in [-0.4, -0.2) is 64.4 Å². The van der Waals surface area contributed by atoms with Crippen LogP contribution in [0.3, 0.4) is 0 Å². The van der Waals surface area contributed by atoms with E-state index in [1.807, 2.05) is 6.07 Å². The van der Waals surface area contributed by atoms with E-state index in [1.165, 1.54) is 0 Å². The maximum atomic E-state index is 12.4. The second-order valence-corrected chi connectivity index (χ2v) is 9.17. The van der Waals surface area contributed by atoms with E-state index in [2.05, 4.69) is 10.6 Å². The third-order valence-electron chi connectivity index (χ3n) is 4.94. The zero-order valence-corrected chi connectivity index (χ0v) is 20.7. The third kappa shape index (κ3) is 9.90. The van der Waals surface area contributed by atoms with Crippen molar-refractivity contribution in [2.24, 2.45) is 0 Å². The summed E-state index contributed by atoms with van der Waals surface area (Å²) in [6.07, 6.45) is -2.60. The summed E-state index contributed by atoms with van der Waals surface area (Å²) in [6, 6.07) is 7.76. The first-order valence-electron chi connectivity index (χ1n) is 11.7. The molecular formula is C24H33N3O9. The van der Waals surface area contributed by atoms with Crippen molar-refractivity contribution in [3.8, 4) is 0 Å². The maximum absolute atomic E-state index is 12.4. The van der Waals surface area contributed by atoms with Crippen LogP contribution in [0.5, 0.6) is 0 Å². The number of imide groups is 1. The molecule has 2 rings (SSSR count). The van der Waals surface area contributed by atoms with Gasteiger partial charge in [-0.2, -0.15) is 0 Å². The number of nitrogens with zero attached hydrogens (tertiary/aromatic N) is 1. The second-order valence-electron chi connectivity index (χ2n) is 9.17. The lowest BCUT2D eigenvalue weighted by Gasteiger charge is -2.24. The lowest BCUT2D eigenvalue weighted by Crippen LogP contribution is -2.49. The van der Waals surface area contributed by atoms with Gasteiger partial charge in [0.1, 0.15) is 12.2 Å². The first kappa shape index (κ1) is 28.6. The van der Waals surface area contributed by atoms with Crippen molar-refractivity contribution in [3.05, 3.63) is 35.9 Å². The van der Waals surface area contributed by atoms with Gasteiger partial charge in [-0.25, -0.2) is 14.4 Å². The number of ether oxygens (including phenoxy) is 2. The lowest BCUT2D eigenvalue weighted by atomic mass is 10.0. The van der Waals surface area contributed by atoms with Gasteiger partial charge >= 0.3 is 18.2 Å². The van der Waals surface area contributed by atoms with Crippen LogP contribution in [0.15, 0.2) is 30.3 Å². The summed E-state index contributed by atoms with van der Waals surface area (Å²) in [7, 11) is 0. The number of alkyl carbamates (subject to hydrolysis) is 2. The van der Waals surface area contributed by atoms with Crippen molar-refractivity contribution >= 4 is 30.0 Å². The molecule has 0 unspecified atom stereocenters. The van der Waals surface area contributed by atoms with E-state index >= 15 is 0 Å². The van der Waals surface area contributed by atoms with Crippen molar-refractivity contribution in [2.45, 2.75) is 77.2 Å². The van der Waals surface area contributed by atoms with Gasteiger partial charge < -0.3 is 30.1 Å². The molecule has 3 N–H and O–H groups in total. The number of carbonyl (C=O) groups excluding carboxylic acids is 5. The highest BCUT2D eigenvalue weighted by molar-refractivity contribution is 6.01. The summed E-state index contributed by atoms with van der Waals surface area (Å²) in [5.74, 6) is -2.65. The highest BCUT2D eigenvalue weighted by Crippen LogP contribution is 2.15. The molecule has 1 fully saturated rings. The Hall–Kier alpha value is -3.67. The average molecular weight is 508 g/mol. The van der Waals surface area contributed by atoms with E-state index in [0.29, 0.717) is 17.9 Å². The molecular weight excluding hydrogens is 474 g/mol. The summed E-state index contributed by atoms with van der Waals surface area (Å²) in [4.78, 5) is 64.7. The van der Waals surface area contributed by atoms with Crippen LogP contribution in [0.25, 0.3) is 0 Å². The van der Waals surface area contributed by atoms with E-state index in [1.54, 1.807) is 45.0 Å². The highest BCUT2D eigenvalue weighted by Gasteiger charge is 2.37. The number of aliphatic hydroxyl groups is 1. The van der Waals surface area contributed by atoms with E-state index in [0.717, 1.165) is 5.56 Å². The van der Waals surface area contributed by atoms with Crippen LogP contribution in [0, 0.1) is 0 Å². The Labute approximate surface area is 209 Å². The number of hydrogen-bond acceptors (Lipinski definition) is 9. The van der Waals surface area contributed by atoms with Gasteiger partial charge in [-0.05, 0) is 45.6 Å². The first-order valence-corrected chi connectivity index (χ1v) is 11.7. The largest absolute Gasteiger partial charge is 0.445 e. The lowest BCUT2D eigenvalue weighted by molar-refractivity contribution is -0.204. The first-order chi connectivity index (χ1) is 17.0. The molecule has 12 nitrogen and oxygen atoms in total. The summed E-state index contributed by atoms with van der Waals surface area (Å²) in [5, 5.41) is 15.9. The number of hydrogen-bond donors (Lipinski definition) is 3. The van der Waals surface area contributed by atoms with E-state index in [9.17, 15) is 29.1 Å². The average Bonchev–Trinajstić information content (AvgIpc) is 3.12. The Morgan fingerprint density at radius 1 is 1.03 bits per heavy atom. The number of nitrogens with one attached hydrogen (secondary N) is 2. The molecule has 0 aliphatic carbocycles. The predicted octanol–water partition coefficient (Wildman–Crippen LogP) is 1.94. The standard InChI is InChI=1S/C24H33N3O9/c1-24(2,3)35-22(32)25-14-8-7-11-17(26-23(33)34-15-16-9-5-4-6-10-16)20(30)21(31)36-27-18(28)12-13-19(27)29/h4-6,9-10,17,20,30H,7-8,11-15H2,1-3H3,(H,25,32)(H,26,33)/t17-,20-/m0/s1. The Morgan fingerprint density at radius 2 is 1.67 bits per heavy atom. The zero-order chi connectivity index (χ0) is 26.7. The molecule has 0 saturated carbocycles. The molecule has 0 bridgehead atoms. The fourth-order valence-electron chi connectivity index (χ4n) is 3.19. The molecule has 36 heavy (non-hydrogen) atoms. The minimum atomic E-state index is -1.88. The zero-order valence-electron chi connectivity index (χ0n) is 20.7. The molecule has 1 saturated heterocycles. The van der Waals surface area contributed by atoms with Gasteiger partial charge in [-0.1, -0.05) is 30.3 Å². The molecule has 0 spiro atoms. The van der Waals surface area contributed by atoms with E-state index in [-0.39, 0.29) is 32.4 Å². The molecule has 1 aromatic carbocycles. The van der Waals surface area contributed by atoms with Crippen molar-refractivity contribution < 1.29 is 43.4 Å². The van der Waals surface area contributed by atoms with Gasteiger partial charge in [0.25, 0.3) is 11.8 Å². The highest BCUT2D eigenvalue weighted by atomic mass is 16.7. The fourth-order valence-corrected chi connectivity index (χ4v) is 3.19. The van der Waals surface area contributed by atoms with Crippen LogP contribution >= 0.6 is 0 Å². The summed E-state index contributed by atoms with van der Waals surface area (Å²) in [6.45, 7) is 5.45. The van der Waals surface area contributed by atoms with Crippen molar-refractivity contribution in [1.82, 2.24) is 15.7 Å². The van der Waals surface area contributed by atoms with Crippen LogP contribution in [0.1, 0.15) is 58.4 Å². The van der Waals surface area contributed by atoms with E-state index in [4.69, 9.17) is 14.3 Å². The SMILES string of the molecule is CC(C)(C)OC(=O)NCCCC[C@H](NC(=O)OCc1ccccc1)[C@H](O)C(=O)ON1C(=O)CCC1=O. The number of carbonyl (C=O) groups is 5. The van der Waals surface area contributed by atoms with Gasteiger partial charge in [0.2, 0.25) is 0 Å². The Morgan fingerprint density at radius 3 is 2.28 bits per heavy atom. The monoisotopic (exact) mass is 507 g/mol. The summed E-state index contributed by atoms with van der Waals surface area (Å²) < 4.78 is 10.3. The van der Waals surface area contributed by atoms with Crippen molar-refractivity contribution in [1.29, 1.82) is 0 Å². The van der Waals surface area contributed by atoms with Crippen LogP contribution in [-0.2, 0) is 35.3 Å². The smallest absolute Gasteiger partial charge is 0.407 e. The normalized spacial score (nSPS) is 15.2. The van der Waals surface area contributed by atoms with Crippen LogP contribution in [0.4, 0.5) is 9.59 Å². The number of amides is 4. The molecule has 1 aliphatic rings. The summed E-state index contributed by atoms with van der Waals surface area (Å²) in [5.41, 5.74) is 0.102. The van der Waals surface area contributed by atoms with Gasteiger partial charge in [-0.15, -0.1) is 5.06 Å². The Bertz CT molecular complexity index is 915. The van der Waals surface area contributed by atoms with Crippen molar-refractivity contribution in [3.63, 3.8) is 0 Å². The summed E-state index contributed by atoms with van der Waals surface area (Å²) >= 11 is 0. The van der Waals surface area contributed by atoms with E-state index < -0.39 is 47.7 Å². The molecule has 198 valence electrons. The van der Waals surface area contributed by atoms with Crippen molar-refractivity contribution in [2.75, 3.05) is 6.54 Å². The van der Waals surface area contributed by atoms with Gasteiger partial charge in [0.05, 0.1) is 6.04 Å². The molecule has 1 aliphatic heterocycles. The minimum absolute atomic E-state index is 0.0312. The molecule has 0 radical (unpaired) electrons. The number of unbranched alkanes of at least 4 members (excludes halogenated alkanes) is 1. The van der Waals surface area contributed by atoms with Gasteiger partial charge in [-0.3, -0.25) is 9.59 Å². The second kappa shape index (κ2) is 13.4. The predicted molar refractivity (Wildman–Crippen MR) is 125 cm³/mol. The molecule has 2 atom stereocenters. The number of rotatable bonds is 11. The topological polar surface area (TPSA) is 161 Å². The minimum Gasteiger partial charge on any atom is -0.445 e. The van der Waals surface area contributed by atoms with Crippen LogP contribution < -0.4 is 10.6 Å².